The first-order valence-corrected chi connectivity index (χ1v) is 6.08. The van der Waals surface area contributed by atoms with Crippen molar-refractivity contribution in [2.24, 2.45) is 11.1 Å². The molecule has 0 aromatic rings. The summed E-state index contributed by atoms with van der Waals surface area (Å²) in [5.74, 6) is 0. The van der Waals surface area contributed by atoms with Gasteiger partial charge in [-0.1, -0.05) is 13.3 Å². The minimum atomic E-state index is -0.327. The van der Waals surface area contributed by atoms with Crippen LogP contribution >= 0.6 is 0 Å². The standard InChI is InChI=1S/C12H25NO2/c1-10(14)12(2,9-13)7-3-5-11-6-4-8-15-11/h10-11,14H,3-9,13H2,1-2H3. The van der Waals surface area contributed by atoms with Crippen LogP contribution in [0.3, 0.4) is 0 Å². The molecule has 0 amide bonds. The summed E-state index contributed by atoms with van der Waals surface area (Å²) in [4.78, 5) is 0. The van der Waals surface area contributed by atoms with E-state index in [4.69, 9.17) is 10.5 Å². The van der Waals surface area contributed by atoms with E-state index >= 15 is 0 Å². The van der Waals surface area contributed by atoms with E-state index < -0.39 is 0 Å². The Morgan fingerprint density at radius 2 is 2.33 bits per heavy atom. The summed E-state index contributed by atoms with van der Waals surface area (Å²) < 4.78 is 5.57. The zero-order valence-electron chi connectivity index (χ0n) is 10.0. The third-order valence-electron chi connectivity index (χ3n) is 3.77. The number of ether oxygens (including phenoxy) is 1. The molecule has 0 aromatic heterocycles. The number of nitrogens with two attached hydrogens (primary N) is 1. The molecule has 0 saturated carbocycles. The maximum atomic E-state index is 9.65. The van der Waals surface area contributed by atoms with Gasteiger partial charge < -0.3 is 15.6 Å². The molecule has 3 nitrogen and oxygen atoms in total. The monoisotopic (exact) mass is 215 g/mol. The van der Waals surface area contributed by atoms with Crippen molar-refractivity contribution in [2.75, 3.05) is 13.2 Å². The summed E-state index contributed by atoms with van der Waals surface area (Å²) in [7, 11) is 0. The first kappa shape index (κ1) is 12.9. The van der Waals surface area contributed by atoms with Gasteiger partial charge in [0.25, 0.3) is 0 Å². The second-order valence-corrected chi connectivity index (χ2v) is 5.06. The van der Waals surface area contributed by atoms with E-state index in [2.05, 4.69) is 6.92 Å². The highest BCUT2D eigenvalue weighted by atomic mass is 16.5. The Labute approximate surface area is 93.0 Å². The quantitative estimate of drug-likeness (QED) is 0.709. The highest BCUT2D eigenvalue weighted by molar-refractivity contribution is 4.81. The summed E-state index contributed by atoms with van der Waals surface area (Å²) in [6.07, 6.45) is 5.74. The van der Waals surface area contributed by atoms with Crippen molar-refractivity contribution in [2.45, 2.75) is 58.2 Å². The zero-order chi connectivity index (χ0) is 11.3. The van der Waals surface area contributed by atoms with E-state index in [0.717, 1.165) is 25.9 Å². The number of aliphatic hydroxyl groups is 1. The smallest absolute Gasteiger partial charge is 0.0577 e. The van der Waals surface area contributed by atoms with Gasteiger partial charge in [-0.05, 0) is 32.6 Å². The van der Waals surface area contributed by atoms with Gasteiger partial charge in [-0.3, -0.25) is 0 Å². The third kappa shape index (κ3) is 3.74. The van der Waals surface area contributed by atoms with Crippen LogP contribution in [-0.2, 0) is 4.74 Å². The molecule has 3 N–H and O–H groups in total. The fourth-order valence-corrected chi connectivity index (χ4v) is 2.09. The van der Waals surface area contributed by atoms with Crippen LogP contribution in [0.15, 0.2) is 0 Å². The highest BCUT2D eigenvalue weighted by Gasteiger charge is 2.28. The summed E-state index contributed by atoms with van der Waals surface area (Å²) in [6, 6.07) is 0. The normalized spacial score (nSPS) is 27.6. The predicted molar refractivity (Wildman–Crippen MR) is 61.7 cm³/mol. The van der Waals surface area contributed by atoms with Gasteiger partial charge in [0.15, 0.2) is 0 Å². The van der Waals surface area contributed by atoms with E-state index in [-0.39, 0.29) is 11.5 Å². The van der Waals surface area contributed by atoms with Crippen LogP contribution in [0.25, 0.3) is 0 Å². The molecule has 1 rings (SSSR count). The van der Waals surface area contributed by atoms with Crippen LogP contribution in [-0.4, -0.2) is 30.5 Å². The van der Waals surface area contributed by atoms with E-state index in [1.807, 2.05) is 6.92 Å². The predicted octanol–water partition coefficient (Wildman–Crippen LogP) is 1.68. The minimum Gasteiger partial charge on any atom is -0.393 e. The SMILES string of the molecule is CC(O)C(C)(CN)CCCC1CCCO1. The lowest BCUT2D eigenvalue weighted by atomic mass is 9.80. The van der Waals surface area contributed by atoms with Crippen molar-refractivity contribution in [3.63, 3.8) is 0 Å². The van der Waals surface area contributed by atoms with Crippen LogP contribution in [0.2, 0.25) is 0 Å². The fourth-order valence-electron chi connectivity index (χ4n) is 2.09. The second kappa shape index (κ2) is 5.83. The molecule has 3 unspecified atom stereocenters. The van der Waals surface area contributed by atoms with Crippen LogP contribution < -0.4 is 5.73 Å². The molecule has 1 aliphatic heterocycles. The number of aliphatic hydroxyl groups excluding tert-OH is 1. The van der Waals surface area contributed by atoms with Gasteiger partial charge in [0, 0.05) is 18.6 Å². The van der Waals surface area contributed by atoms with Gasteiger partial charge in [-0.2, -0.15) is 0 Å². The van der Waals surface area contributed by atoms with Crippen molar-refractivity contribution in [3.8, 4) is 0 Å². The Morgan fingerprint density at radius 1 is 1.60 bits per heavy atom. The molecule has 3 atom stereocenters. The van der Waals surface area contributed by atoms with Gasteiger partial charge in [0.1, 0.15) is 0 Å². The molecule has 1 fully saturated rings. The number of hydrogen-bond acceptors (Lipinski definition) is 3. The van der Waals surface area contributed by atoms with Gasteiger partial charge >= 0.3 is 0 Å². The molecule has 0 bridgehead atoms. The molecule has 0 aliphatic carbocycles. The molecule has 3 heteroatoms. The van der Waals surface area contributed by atoms with Gasteiger partial charge in [-0.15, -0.1) is 0 Å². The van der Waals surface area contributed by atoms with E-state index in [0.29, 0.717) is 12.6 Å². The van der Waals surface area contributed by atoms with Crippen molar-refractivity contribution >= 4 is 0 Å². The molecule has 90 valence electrons. The average Bonchev–Trinajstić information content (AvgIpc) is 2.70. The average molecular weight is 215 g/mol. The molecule has 1 heterocycles. The van der Waals surface area contributed by atoms with Crippen LogP contribution in [0, 0.1) is 5.41 Å². The van der Waals surface area contributed by atoms with Crippen LogP contribution in [0.5, 0.6) is 0 Å². The summed E-state index contributed by atoms with van der Waals surface area (Å²) >= 11 is 0. The van der Waals surface area contributed by atoms with Gasteiger partial charge in [0.2, 0.25) is 0 Å². The molecular weight excluding hydrogens is 190 g/mol. The Kier molecular flexibility index (Phi) is 5.03. The number of rotatable bonds is 6. The van der Waals surface area contributed by atoms with Crippen LogP contribution in [0.1, 0.15) is 46.0 Å². The highest BCUT2D eigenvalue weighted by Crippen LogP contribution is 2.28. The van der Waals surface area contributed by atoms with Crippen LogP contribution in [0.4, 0.5) is 0 Å². The Bertz CT molecular complexity index is 178. The topological polar surface area (TPSA) is 55.5 Å². The lowest BCUT2D eigenvalue weighted by molar-refractivity contribution is 0.0436. The Morgan fingerprint density at radius 3 is 2.80 bits per heavy atom. The second-order valence-electron chi connectivity index (χ2n) is 5.06. The maximum Gasteiger partial charge on any atom is 0.0577 e. The number of hydrogen-bond donors (Lipinski definition) is 2. The molecular formula is C12H25NO2. The lowest BCUT2D eigenvalue weighted by Gasteiger charge is -2.31. The third-order valence-corrected chi connectivity index (χ3v) is 3.77. The molecule has 1 saturated heterocycles. The molecule has 15 heavy (non-hydrogen) atoms. The fraction of sp³-hybridized carbons (Fsp3) is 1.00. The van der Waals surface area contributed by atoms with E-state index in [1.54, 1.807) is 0 Å². The first-order chi connectivity index (χ1) is 7.08. The molecule has 1 aliphatic rings. The largest absolute Gasteiger partial charge is 0.393 e. The molecule has 0 radical (unpaired) electrons. The Hall–Kier alpha value is -0.120. The van der Waals surface area contributed by atoms with Gasteiger partial charge in [-0.25, -0.2) is 0 Å². The zero-order valence-corrected chi connectivity index (χ0v) is 10.0. The van der Waals surface area contributed by atoms with Crippen molar-refractivity contribution in [1.29, 1.82) is 0 Å². The summed E-state index contributed by atoms with van der Waals surface area (Å²) in [5.41, 5.74) is 5.58. The van der Waals surface area contributed by atoms with E-state index in [1.165, 1.54) is 12.8 Å². The van der Waals surface area contributed by atoms with Crippen molar-refractivity contribution in [1.82, 2.24) is 0 Å². The summed E-state index contributed by atoms with van der Waals surface area (Å²) in [6.45, 7) is 5.37. The van der Waals surface area contributed by atoms with E-state index in [9.17, 15) is 5.11 Å². The first-order valence-electron chi connectivity index (χ1n) is 6.08. The maximum absolute atomic E-state index is 9.65. The van der Waals surface area contributed by atoms with Crippen molar-refractivity contribution < 1.29 is 9.84 Å². The molecule has 0 aromatic carbocycles. The van der Waals surface area contributed by atoms with Gasteiger partial charge in [0.05, 0.1) is 12.2 Å². The lowest BCUT2D eigenvalue weighted by Crippen LogP contribution is -2.37. The summed E-state index contributed by atoms with van der Waals surface area (Å²) in [5, 5.41) is 9.65. The van der Waals surface area contributed by atoms with Crippen molar-refractivity contribution in [3.05, 3.63) is 0 Å². The Balaban J connectivity index is 2.22. The minimum absolute atomic E-state index is 0.126. The molecule has 0 spiro atoms.